The lowest BCUT2D eigenvalue weighted by molar-refractivity contribution is -0.131. The zero-order valence-electron chi connectivity index (χ0n) is 20.7. The molecule has 0 spiro atoms. The van der Waals surface area contributed by atoms with E-state index in [1.54, 1.807) is 10.9 Å². The number of hydrogen-bond donors (Lipinski definition) is 3. The first-order chi connectivity index (χ1) is 17.3. The fraction of sp³-hybridized carbons (Fsp3) is 0.520. The Kier molecular flexibility index (Phi) is 9.96. The van der Waals surface area contributed by atoms with Crippen LogP contribution in [0.4, 0.5) is 4.79 Å². The Labute approximate surface area is 210 Å². The number of carbonyl (C=O) groups is 4. The summed E-state index contributed by atoms with van der Waals surface area (Å²) in [5.74, 6) is -0.891. The Bertz CT molecular complexity index is 1020. The lowest BCUT2D eigenvalue weighted by atomic mass is 10.0. The van der Waals surface area contributed by atoms with Crippen molar-refractivity contribution in [2.45, 2.75) is 77.2 Å². The Morgan fingerprint density at radius 1 is 1.19 bits per heavy atom. The zero-order valence-corrected chi connectivity index (χ0v) is 20.7. The third-order valence-corrected chi connectivity index (χ3v) is 5.81. The molecule has 0 saturated carbocycles. The molecule has 0 fully saturated rings. The van der Waals surface area contributed by atoms with E-state index in [0.29, 0.717) is 37.8 Å². The summed E-state index contributed by atoms with van der Waals surface area (Å²) in [7, 11) is 0. The number of aldehydes is 1. The van der Waals surface area contributed by atoms with Crippen LogP contribution in [0, 0.1) is 5.92 Å². The van der Waals surface area contributed by atoms with Gasteiger partial charge in [-0.15, -0.1) is 5.10 Å². The molecule has 1 aliphatic heterocycles. The van der Waals surface area contributed by atoms with Crippen LogP contribution in [-0.4, -0.2) is 57.3 Å². The number of nitrogens with one attached hydrogen (secondary N) is 3. The largest absolute Gasteiger partial charge is 0.445 e. The zero-order chi connectivity index (χ0) is 25.9. The Hall–Kier alpha value is -3.76. The van der Waals surface area contributed by atoms with Gasteiger partial charge in [0.25, 0.3) is 0 Å². The number of rotatable bonds is 6. The van der Waals surface area contributed by atoms with Gasteiger partial charge in [0.15, 0.2) is 0 Å². The Morgan fingerprint density at radius 2 is 1.97 bits per heavy atom. The van der Waals surface area contributed by atoms with Gasteiger partial charge in [-0.25, -0.2) is 4.79 Å². The molecule has 1 aliphatic rings. The Balaban J connectivity index is 1.78. The smallest absolute Gasteiger partial charge is 0.408 e. The van der Waals surface area contributed by atoms with Crippen LogP contribution in [0.25, 0.3) is 0 Å². The number of benzene rings is 1. The average Bonchev–Trinajstić information content (AvgIpc) is 3.30. The van der Waals surface area contributed by atoms with Crippen LogP contribution in [0.5, 0.6) is 0 Å². The van der Waals surface area contributed by atoms with Gasteiger partial charge < -0.3 is 25.5 Å². The summed E-state index contributed by atoms with van der Waals surface area (Å²) < 4.78 is 6.95. The number of aromatic nitrogens is 3. The molecule has 2 heterocycles. The second-order valence-corrected chi connectivity index (χ2v) is 9.37. The van der Waals surface area contributed by atoms with Crippen molar-refractivity contribution in [1.29, 1.82) is 0 Å². The maximum Gasteiger partial charge on any atom is 0.408 e. The topological polar surface area (TPSA) is 144 Å². The van der Waals surface area contributed by atoms with Crippen LogP contribution in [0.3, 0.4) is 0 Å². The van der Waals surface area contributed by atoms with Crippen molar-refractivity contribution in [1.82, 2.24) is 30.9 Å². The fourth-order valence-corrected chi connectivity index (χ4v) is 3.94. The average molecular weight is 499 g/mol. The van der Waals surface area contributed by atoms with E-state index < -0.39 is 36.0 Å². The van der Waals surface area contributed by atoms with Crippen molar-refractivity contribution >= 4 is 24.2 Å². The van der Waals surface area contributed by atoms with E-state index in [-0.39, 0.29) is 18.9 Å². The van der Waals surface area contributed by atoms with E-state index in [1.807, 2.05) is 44.2 Å². The van der Waals surface area contributed by atoms with Gasteiger partial charge in [0.05, 0.1) is 11.7 Å². The molecule has 2 aromatic rings. The highest BCUT2D eigenvalue weighted by Gasteiger charge is 2.30. The number of fused-ring (bicyclic) bond motifs is 2. The molecule has 194 valence electrons. The first kappa shape index (κ1) is 26.8. The molecule has 11 heteroatoms. The molecule has 1 aromatic heterocycles. The molecule has 3 N–H and O–H groups in total. The minimum atomic E-state index is -1.05. The third-order valence-electron chi connectivity index (χ3n) is 5.81. The van der Waals surface area contributed by atoms with Crippen LogP contribution >= 0.6 is 0 Å². The quantitative estimate of drug-likeness (QED) is 0.512. The number of aryl methyl sites for hydroxylation is 1. The molecule has 0 radical (unpaired) electrons. The summed E-state index contributed by atoms with van der Waals surface area (Å²) in [6.45, 7) is 4.48. The second kappa shape index (κ2) is 13.4. The van der Waals surface area contributed by atoms with Gasteiger partial charge in [0.1, 0.15) is 25.0 Å². The molecule has 0 unspecified atom stereocenters. The van der Waals surface area contributed by atoms with Crippen LogP contribution in [0.15, 0.2) is 36.5 Å². The van der Waals surface area contributed by atoms with E-state index >= 15 is 0 Å². The minimum absolute atomic E-state index is 0.0443. The molecule has 11 nitrogen and oxygen atoms in total. The molecule has 0 aliphatic carbocycles. The molecule has 36 heavy (non-hydrogen) atoms. The van der Waals surface area contributed by atoms with Gasteiger partial charge in [0, 0.05) is 19.2 Å². The van der Waals surface area contributed by atoms with E-state index in [0.717, 1.165) is 12.0 Å². The van der Waals surface area contributed by atoms with Crippen molar-refractivity contribution in [2.24, 2.45) is 5.92 Å². The molecular weight excluding hydrogens is 464 g/mol. The van der Waals surface area contributed by atoms with Crippen molar-refractivity contribution in [3.8, 4) is 0 Å². The maximum atomic E-state index is 13.3. The third kappa shape index (κ3) is 8.47. The van der Waals surface area contributed by atoms with Crippen LogP contribution < -0.4 is 16.0 Å². The number of hydrogen-bond acceptors (Lipinski definition) is 7. The summed E-state index contributed by atoms with van der Waals surface area (Å²) in [5.41, 5.74) is 1.32. The Morgan fingerprint density at radius 3 is 2.69 bits per heavy atom. The van der Waals surface area contributed by atoms with Crippen LogP contribution in [0.2, 0.25) is 0 Å². The molecule has 0 saturated heterocycles. The predicted molar refractivity (Wildman–Crippen MR) is 131 cm³/mol. The van der Waals surface area contributed by atoms with Crippen molar-refractivity contribution in [3.05, 3.63) is 47.8 Å². The molecule has 3 atom stereocenters. The predicted octanol–water partition coefficient (Wildman–Crippen LogP) is 1.51. The summed E-state index contributed by atoms with van der Waals surface area (Å²) in [5, 5.41) is 16.3. The van der Waals surface area contributed by atoms with E-state index in [9.17, 15) is 19.2 Å². The van der Waals surface area contributed by atoms with E-state index in [4.69, 9.17) is 4.74 Å². The highest BCUT2D eigenvalue weighted by molar-refractivity contribution is 5.92. The lowest BCUT2D eigenvalue weighted by Crippen LogP contribution is -2.56. The molecular formula is C25H34N6O5. The summed E-state index contributed by atoms with van der Waals surface area (Å²) in [4.78, 5) is 50.3. The number of amides is 3. The SMILES string of the molecule is CC(C)C[C@@H]1NC(=O)[C@@H](NC(=O)OCc2ccccc2)Cc2cn(nn2)CCCC[C@@H](C=O)NC1=O. The molecule has 1 aromatic carbocycles. The van der Waals surface area contributed by atoms with Gasteiger partial charge >= 0.3 is 6.09 Å². The number of nitrogens with zero attached hydrogens (tertiary/aromatic N) is 3. The number of carbonyl (C=O) groups excluding carboxylic acids is 4. The van der Waals surface area contributed by atoms with Gasteiger partial charge in [0.2, 0.25) is 11.8 Å². The van der Waals surface area contributed by atoms with Crippen LogP contribution in [0.1, 0.15) is 50.8 Å². The van der Waals surface area contributed by atoms with Crippen LogP contribution in [-0.2, 0) is 38.7 Å². The first-order valence-electron chi connectivity index (χ1n) is 12.3. The van der Waals surface area contributed by atoms with Gasteiger partial charge in [-0.1, -0.05) is 49.4 Å². The monoisotopic (exact) mass is 498 g/mol. The molecule has 3 rings (SSSR count). The standard InChI is InChI=1S/C25H34N6O5/c1-17(2)12-21-23(33)26-19(15-32)10-6-7-11-31-14-20(29-30-31)13-22(24(34)27-21)28-25(35)36-16-18-8-4-3-5-9-18/h3-5,8-9,14-15,17,19,21-22H,6-7,10-13,16H2,1-2H3,(H,26,33)(H,27,34)(H,28,35)/t19-,21-,22-/m0/s1. The minimum Gasteiger partial charge on any atom is -0.445 e. The van der Waals surface area contributed by atoms with E-state index in [2.05, 4.69) is 26.3 Å². The highest BCUT2D eigenvalue weighted by Crippen LogP contribution is 2.10. The van der Waals surface area contributed by atoms with Gasteiger partial charge in [-0.3, -0.25) is 14.3 Å². The summed E-state index contributed by atoms with van der Waals surface area (Å²) in [6, 6.07) is 6.61. The van der Waals surface area contributed by atoms with E-state index in [1.165, 1.54) is 0 Å². The van der Waals surface area contributed by atoms with Gasteiger partial charge in [-0.2, -0.15) is 0 Å². The lowest BCUT2D eigenvalue weighted by Gasteiger charge is -2.25. The fourth-order valence-electron chi connectivity index (χ4n) is 3.94. The van der Waals surface area contributed by atoms with Crippen molar-refractivity contribution in [3.63, 3.8) is 0 Å². The maximum absolute atomic E-state index is 13.3. The highest BCUT2D eigenvalue weighted by atomic mass is 16.5. The normalized spacial score (nSPS) is 21.5. The second-order valence-electron chi connectivity index (χ2n) is 9.37. The van der Waals surface area contributed by atoms with Crippen molar-refractivity contribution in [2.75, 3.05) is 0 Å². The molecule has 2 bridgehead atoms. The first-order valence-corrected chi connectivity index (χ1v) is 12.3. The summed E-state index contributed by atoms with van der Waals surface area (Å²) in [6.07, 6.45) is 4.03. The van der Waals surface area contributed by atoms with Crippen molar-refractivity contribution < 1.29 is 23.9 Å². The number of ether oxygens (including phenoxy) is 1. The number of alkyl carbamates (subject to hydrolysis) is 1. The van der Waals surface area contributed by atoms with Gasteiger partial charge in [-0.05, 0) is 37.2 Å². The summed E-state index contributed by atoms with van der Waals surface area (Å²) >= 11 is 0. The molecule has 3 amide bonds.